The summed E-state index contributed by atoms with van der Waals surface area (Å²) in [6.45, 7) is 1.58. The van der Waals surface area contributed by atoms with Gasteiger partial charge in [-0.3, -0.25) is 9.59 Å². The van der Waals surface area contributed by atoms with E-state index in [0.717, 1.165) is 0 Å². The fourth-order valence-corrected chi connectivity index (χ4v) is 3.37. The molecule has 0 spiro atoms. The second-order valence-corrected chi connectivity index (χ2v) is 7.11. The Morgan fingerprint density at radius 2 is 2.07 bits per heavy atom. The van der Waals surface area contributed by atoms with Crippen LogP contribution in [0.1, 0.15) is 31.6 Å². The fraction of sp³-hybridized carbons (Fsp3) is 0.105. The molecule has 1 N–H and O–H groups in total. The van der Waals surface area contributed by atoms with Crippen molar-refractivity contribution < 1.29 is 18.7 Å². The van der Waals surface area contributed by atoms with Crippen LogP contribution in [0.15, 0.2) is 57.9 Å². The minimum Gasteiger partial charge on any atom is -0.459 e. The summed E-state index contributed by atoms with van der Waals surface area (Å²) in [4.78, 5) is 41.5. The van der Waals surface area contributed by atoms with Crippen molar-refractivity contribution in [1.29, 1.82) is 0 Å². The van der Waals surface area contributed by atoms with E-state index in [1.165, 1.54) is 40.3 Å². The summed E-state index contributed by atoms with van der Waals surface area (Å²) in [7, 11) is 0. The zero-order chi connectivity index (χ0) is 20.4. The summed E-state index contributed by atoms with van der Waals surface area (Å²) < 4.78 is 11.5. The van der Waals surface area contributed by atoms with Crippen LogP contribution in [0.2, 0.25) is 0 Å². The lowest BCUT2D eigenvalue weighted by Crippen LogP contribution is -2.17. The predicted octanol–water partition coefficient (Wildman–Crippen LogP) is 2.66. The van der Waals surface area contributed by atoms with E-state index in [2.05, 4.69) is 15.4 Å². The minimum atomic E-state index is -0.664. The van der Waals surface area contributed by atoms with Crippen molar-refractivity contribution in [3.8, 4) is 0 Å². The minimum absolute atomic E-state index is 0.117. The van der Waals surface area contributed by atoms with E-state index in [-0.39, 0.29) is 29.2 Å². The van der Waals surface area contributed by atoms with Crippen molar-refractivity contribution in [3.63, 3.8) is 0 Å². The maximum absolute atomic E-state index is 12.5. The molecule has 1 aromatic carbocycles. The standard InChI is InChI=1S/C19H14N4O5S/c1-11-22-23-16(24)9-12(20-19(23)29-11)10-28-18(26)13-5-2-3-6-14(13)21-17(25)15-7-4-8-27-15/h2-9H,10H2,1H3,(H,21,25). The number of aromatic nitrogens is 3. The van der Waals surface area contributed by atoms with Gasteiger partial charge in [0.15, 0.2) is 5.76 Å². The number of hydrogen-bond acceptors (Lipinski definition) is 8. The number of carbonyl (C=O) groups is 2. The number of nitrogens with zero attached hydrogens (tertiary/aromatic N) is 3. The van der Waals surface area contributed by atoms with Gasteiger partial charge in [-0.25, -0.2) is 9.78 Å². The summed E-state index contributed by atoms with van der Waals surface area (Å²) >= 11 is 1.26. The van der Waals surface area contributed by atoms with E-state index in [4.69, 9.17) is 9.15 Å². The maximum atomic E-state index is 12.5. The van der Waals surface area contributed by atoms with Crippen LogP contribution in [0.3, 0.4) is 0 Å². The zero-order valence-corrected chi connectivity index (χ0v) is 15.9. The van der Waals surface area contributed by atoms with Gasteiger partial charge in [0.25, 0.3) is 11.5 Å². The summed E-state index contributed by atoms with van der Waals surface area (Å²) in [5.41, 5.74) is 0.403. The molecule has 0 radical (unpaired) electrons. The Morgan fingerprint density at radius 1 is 1.24 bits per heavy atom. The Labute approximate surface area is 167 Å². The number of benzene rings is 1. The van der Waals surface area contributed by atoms with E-state index in [0.29, 0.717) is 15.7 Å². The number of amides is 1. The number of anilines is 1. The third-order valence-electron chi connectivity index (χ3n) is 3.89. The van der Waals surface area contributed by atoms with Crippen molar-refractivity contribution in [1.82, 2.24) is 14.6 Å². The van der Waals surface area contributed by atoms with Crippen LogP contribution >= 0.6 is 11.3 Å². The van der Waals surface area contributed by atoms with Crippen molar-refractivity contribution in [2.75, 3.05) is 5.32 Å². The van der Waals surface area contributed by atoms with Crippen LogP contribution in [0.4, 0.5) is 5.69 Å². The molecule has 1 amide bonds. The van der Waals surface area contributed by atoms with Crippen LogP contribution in [0, 0.1) is 6.92 Å². The second kappa shape index (κ2) is 7.68. The first-order chi connectivity index (χ1) is 14.0. The van der Waals surface area contributed by atoms with Crippen molar-refractivity contribution in [3.05, 3.63) is 81.1 Å². The summed E-state index contributed by atoms with van der Waals surface area (Å²) in [6, 6.07) is 10.8. The molecule has 0 fully saturated rings. The molecule has 29 heavy (non-hydrogen) atoms. The number of para-hydroxylation sites is 1. The molecule has 3 aromatic heterocycles. The lowest BCUT2D eigenvalue weighted by molar-refractivity contribution is 0.0469. The van der Waals surface area contributed by atoms with Crippen LogP contribution in [0.25, 0.3) is 4.96 Å². The monoisotopic (exact) mass is 410 g/mol. The lowest BCUT2D eigenvalue weighted by Gasteiger charge is -2.10. The molecule has 4 aromatic rings. The third kappa shape index (κ3) is 3.92. The Kier molecular flexibility index (Phi) is 4.92. The number of nitrogens with one attached hydrogen (secondary N) is 1. The highest BCUT2D eigenvalue weighted by Crippen LogP contribution is 2.18. The Hall–Kier alpha value is -3.79. The summed E-state index contributed by atoms with van der Waals surface area (Å²) in [5.74, 6) is -1.04. The molecule has 146 valence electrons. The average molecular weight is 410 g/mol. The smallest absolute Gasteiger partial charge is 0.340 e. The highest BCUT2D eigenvalue weighted by molar-refractivity contribution is 7.16. The van der Waals surface area contributed by atoms with Gasteiger partial charge in [-0.2, -0.15) is 9.61 Å². The third-order valence-corrected chi connectivity index (χ3v) is 4.71. The second-order valence-electron chi connectivity index (χ2n) is 5.95. The van der Waals surface area contributed by atoms with Gasteiger partial charge < -0.3 is 14.5 Å². The van der Waals surface area contributed by atoms with Crippen molar-refractivity contribution >= 4 is 33.9 Å². The molecule has 0 atom stereocenters. The van der Waals surface area contributed by atoms with E-state index in [1.807, 2.05) is 0 Å². The average Bonchev–Trinajstić information content (AvgIpc) is 3.36. The first kappa shape index (κ1) is 18.6. The molecule has 10 heteroatoms. The molecular weight excluding hydrogens is 396 g/mol. The Bertz CT molecular complexity index is 1260. The molecule has 3 heterocycles. The fourth-order valence-electron chi connectivity index (χ4n) is 2.60. The van der Waals surface area contributed by atoms with Crippen molar-refractivity contribution in [2.45, 2.75) is 13.5 Å². The first-order valence-electron chi connectivity index (χ1n) is 8.48. The Morgan fingerprint density at radius 3 is 2.86 bits per heavy atom. The van der Waals surface area contributed by atoms with Crippen LogP contribution in [0.5, 0.6) is 0 Å². The summed E-state index contributed by atoms with van der Waals surface area (Å²) in [5, 5.41) is 7.38. The number of hydrogen-bond donors (Lipinski definition) is 1. The number of esters is 1. The molecule has 0 unspecified atom stereocenters. The van der Waals surface area contributed by atoms with Gasteiger partial charge >= 0.3 is 5.97 Å². The maximum Gasteiger partial charge on any atom is 0.340 e. The van der Waals surface area contributed by atoms with Gasteiger partial charge in [0.05, 0.1) is 23.2 Å². The number of fused-ring (bicyclic) bond motifs is 1. The molecule has 4 rings (SSSR count). The van der Waals surface area contributed by atoms with Gasteiger partial charge in [0, 0.05) is 6.07 Å². The van der Waals surface area contributed by atoms with Gasteiger partial charge in [0.2, 0.25) is 4.96 Å². The number of rotatable bonds is 5. The van der Waals surface area contributed by atoms with Gasteiger partial charge in [-0.1, -0.05) is 23.5 Å². The molecule has 0 aliphatic heterocycles. The lowest BCUT2D eigenvalue weighted by atomic mass is 10.1. The predicted molar refractivity (Wildman–Crippen MR) is 104 cm³/mol. The molecule has 0 aliphatic rings. The van der Waals surface area contributed by atoms with Crippen LogP contribution in [-0.4, -0.2) is 26.5 Å². The molecule has 9 nitrogen and oxygen atoms in total. The number of furan rings is 1. The SMILES string of the molecule is Cc1nn2c(=O)cc(COC(=O)c3ccccc3NC(=O)c3ccco3)nc2s1. The normalized spacial score (nSPS) is 10.8. The first-order valence-corrected chi connectivity index (χ1v) is 9.30. The van der Waals surface area contributed by atoms with E-state index in [9.17, 15) is 14.4 Å². The molecule has 0 saturated heterocycles. The quantitative estimate of drug-likeness (QED) is 0.503. The highest BCUT2D eigenvalue weighted by atomic mass is 32.1. The topological polar surface area (TPSA) is 116 Å². The largest absolute Gasteiger partial charge is 0.459 e. The van der Waals surface area contributed by atoms with Crippen LogP contribution in [-0.2, 0) is 11.3 Å². The number of ether oxygens (including phenoxy) is 1. The summed E-state index contributed by atoms with van der Waals surface area (Å²) in [6.07, 6.45) is 1.38. The molecule has 0 bridgehead atoms. The number of carbonyl (C=O) groups excluding carboxylic acids is 2. The van der Waals surface area contributed by atoms with E-state index >= 15 is 0 Å². The van der Waals surface area contributed by atoms with Gasteiger partial charge in [-0.05, 0) is 31.2 Å². The van der Waals surface area contributed by atoms with Gasteiger partial charge in [0.1, 0.15) is 11.6 Å². The Balaban J connectivity index is 1.50. The zero-order valence-electron chi connectivity index (χ0n) is 15.1. The molecule has 0 aliphatic carbocycles. The van der Waals surface area contributed by atoms with E-state index < -0.39 is 11.9 Å². The number of aryl methyl sites for hydroxylation is 1. The van der Waals surface area contributed by atoms with Crippen molar-refractivity contribution in [2.24, 2.45) is 0 Å². The molecular formula is C19H14N4O5S. The van der Waals surface area contributed by atoms with Gasteiger partial charge in [-0.15, -0.1) is 0 Å². The highest BCUT2D eigenvalue weighted by Gasteiger charge is 2.17. The molecule has 0 saturated carbocycles. The van der Waals surface area contributed by atoms with Crippen LogP contribution < -0.4 is 10.9 Å². The van der Waals surface area contributed by atoms with E-state index in [1.54, 1.807) is 31.2 Å².